The van der Waals surface area contributed by atoms with Gasteiger partial charge in [-0.2, -0.15) is 0 Å². The Morgan fingerprint density at radius 3 is 3.00 bits per heavy atom. The average molecular weight is 269 g/mol. The van der Waals surface area contributed by atoms with Crippen LogP contribution in [0.15, 0.2) is 29.1 Å². The number of nitrogens with zero attached hydrogens (tertiary/aromatic N) is 1. The van der Waals surface area contributed by atoms with E-state index in [-0.39, 0.29) is 0 Å². The lowest BCUT2D eigenvalue weighted by atomic mass is 10.1. The van der Waals surface area contributed by atoms with Crippen molar-refractivity contribution in [1.29, 1.82) is 0 Å². The summed E-state index contributed by atoms with van der Waals surface area (Å²) in [7, 11) is 0. The molecule has 90 valence electrons. The molecule has 0 aliphatic heterocycles. The number of halogens is 1. The topological polar surface area (TPSA) is 48.1 Å². The molecule has 1 heterocycles. The predicted octanol–water partition coefficient (Wildman–Crippen LogP) is 2.88. The van der Waals surface area contributed by atoms with E-state index in [0.717, 1.165) is 23.4 Å². The van der Waals surface area contributed by atoms with Crippen molar-refractivity contribution in [2.75, 3.05) is 6.54 Å². The van der Waals surface area contributed by atoms with Gasteiger partial charge in [-0.05, 0) is 36.7 Å². The van der Waals surface area contributed by atoms with Crippen LogP contribution in [0.4, 0.5) is 0 Å². The van der Waals surface area contributed by atoms with Gasteiger partial charge in [0, 0.05) is 10.4 Å². The summed E-state index contributed by atoms with van der Waals surface area (Å²) in [5.74, 6) is 0.827. The molecular weight excluding hydrogens is 256 g/mol. The third kappa shape index (κ3) is 3.43. The lowest BCUT2D eigenvalue weighted by Crippen LogP contribution is -2.05. The van der Waals surface area contributed by atoms with Crippen molar-refractivity contribution in [2.24, 2.45) is 5.73 Å². The van der Waals surface area contributed by atoms with Gasteiger partial charge in [0.15, 0.2) is 0 Å². The summed E-state index contributed by atoms with van der Waals surface area (Å²) >= 11 is 7.50. The molecule has 0 unspecified atom stereocenters. The number of ether oxygens (including phenoxy) is 1. The fourth-order valence-electron chi connectivity index (χ4n) is 1.50. The molecule has 0 fully saturated rings. The minimum absolute atomic E-state index is 0.475. The van der Waals surface area contributed by atoms with Gasteiger partial charge in [0.1, 0.15) is 12.4 Å². The molecule has 0 aliphatic rings. The molecule has 0 amide bonds. The van der Waals surface area contributed by atoms with Crippen molar-refractivity contribution in [2.45, 2.75) is 13.0 Å². The molecule has 3 nitrogen and oxygen atoms in total. The summed E-state index contributed by atoms with van der Waals surface area (Å²) in [5.41, 5.74) is 9.33. The second-order valence-corrected chi connectivity index (χ2v) is 4.71. The largest absolute Gasteiger partial charge is 0.487 e. The molecule has 0 aliphatic carbocycles. The van der Waals surface area contributed by atoms with Crippen LogP contribution in [-0.2, 0) is 13.0 Å². The van der Waals surface area contributed by atoms with Crippen LogP contribution in [0.3, 0.4) is 0 Å². The molecular formula is C12H13ClN2OS. The van der Waals surface area contributed by atoms with Crippen LogP contribution in [0.1, 0.15) is 11.3 Å². The number of thiazole rings is 1. The fourth-order valence-corrected chi connectivity index (χ4v) is 2.24. The zero-order valence-corrected chi connectivity index (χ0v) is 10.8. The van der Waals surface area contributed by atoms with Crippen LogP contribution in [0.5, 0.6) is 5.75 Å². The van der Waals surface area contributed by atoms with Crippen molar-refractivity contribution in [3.63, 3.8) is 0 Å². The first kappa shape index (κ1) is 12.4. The van der Waals surface area contributed by atoms with Crippen LogP contribution >= 0.6 is 22.9 Å². The van der Waals surface area contributed by atoms with E-state index >= 15 is 0 Å². The number of nitrogens with two attached hydrogens (primary N) is 1. The van der Waals surface area contributed by atoms with E-state index in [0.29, 0.717) is 18.2 Å². The maximum Gasteiger partial charge on any atom is 0.131 e. The number of hydrogen-bond acceptors (Lipinski definition) is 4. The van der Waals surface area contributed by atoms with Gasteiger partial charge in [-0.25, -0.2) is 4.98 Å². The monoisotopic (exact) mass is 268 g/mol. The highest BCUT2D eigenvalue weighted by Crippen LogP contribution is 2.24. The summed E-state index contributed by atoms with van der Waals surface area (Å²) < 4.78 is 5.72. The number of benzene rings is 1. The van der Waals surface area contributed by atoms with E-state index in [9.17, 15) is 0 Å². The van der Waals surface area contributed by atoms with Crippen LogP contribution in [0, 0.1) is 0 Å². The molecule has 0 radical (unpaired) electrons. The van der Waals surface area contributed by atoms with Gasteiger partial charge in [0.25, 0.3) is 0 Å². The zero-order chi connectivity index (χ0) is 12.1. The lowest BCUT2D eigenvalue weighted by Gasteiger charge is -2.10. The van der Waals surface area contributed by atoms with Crippen LogP contribution in [0.2, 0.25) is 5.02 Å². The summed E-state index contributed by atoms with van der Waals surface area (Å²) in [4.78, 5) is 4.17. The van der Waals surface area contributed by atoms with Crippen molar-refractivity contribution < 1.29 is 4.74 Å². The summed E-state index contributed by atoms with van der Waals surface area (Å²) in [6.07, 6.45) is 0.757. The molecule has 0 saturated heterocycles. The maximum atomic E-state index is 5.95. The van der Waals surface area contributed by atoms with Crippen molar-refractivity contribution >= 4 is 22.9 Å². The molecule has 2 aromatic rings. The van der Waals surface area contributed by atoms with Crippen molar-refractivity contribution in [3.05, 3.63) is 45.4 Å². The highest BCUT2D eigenvalue weighted by molar-refractivity contribution is 7.07. The van der Waals surface area contributed by atoms with Gasteiger partial charge in [-0.3, -0.25) is 0 Å². The van der Waals surface area contributed by atoms with E-state index in [2.05, 4.69) is 4.98 Å². The van der Waals surface area contributed by atoms with Gasteiger partial charge >= 0.3 is 0 Å². The quantitative estimate of drug-likeness (QED) is 0.907. The van der Waals surface area contributed by atoms with Gasteiger partial charge in [-0.15, -0.1) is 11.3 Å². The molecule has 0 spiro atoms. The SMILES string of the molecule is NCCc1cc(Cl)ccc1OCc1cscn1. The van der Waals surface area contributed by atoms with E-state index < -0.39 is 0 Å². The Bertz CT molecular complexity index is 473. The van der Waals surface area contributed by atoms with Crippen LogP contribution in [0.25, 0.3) is 0 Å². The molecule has 0 bridgehead atoms. The molecule has 2 N–H and O–H groups in total. The minimum atomic E-state index is 0.475. The van der Waals surface area contributed by atoms with E-state index in [1.165, 1.54) is 0 Å². The van der Waals surface area contributed by atoms with Gasteiger partial charge < -0.3 is 10.5 Å². The Hall–Kier alpha value is -1.10. The summed E-state index contributed by atoms with van der Waals surface area (Å²) in [6, 6.07) is 5.59. The maximum absolute atomic E-state index is 5.95. The first-order valence-corrected chi connectivity index (χ1v) is 6.60. The molecule has 1 aromatic carbocycles. The molecule has 17 heavy (non-hydrogen) atoms. The summed E-state index contributed by atoms with van der Waals surface area (Å²) in [5, 5.41) is 2.67. The summed E-state index contributed by atoms with van der Waals surface area (Å²) in [6.45, 7) is 1.05. The normalized spacial score (nSPS) is 10.5. The van der Waals surface area contributed by atoms with Crippen molar-refractivity contribution in [1.82, 2.24) is 4.98 Å². The number of aromatic nitrogens is 1. The van der Waals surface area contributed by atoms with Gasteiger partial charge in [-0.1, -0.05) is 11.6 Å². The minimum Gasteiger partial charge on any atom is -0.487 e. The first-order valence-electron chi connectivity index (χ1n) is 5.28. The zero-order valence-electron chi connectivity index (χ0n) is 9.23. The van der Waals surface area contributed by atoms with Crippen LogP contribution in [-0.4, -0.2) is 11.5 Å². The third-order valence-electron chi connectivity index (χ3n) is 2.30. The van der Waals surface area contributed by atoms with Gasteiger partial charge in [0.05, 0.1) is 11.2 Å². The van der Waals surface area contributed by atoms with Crippen LogP contribution < -0.4 is 10.5 Å². The Balaban J connectivity index is 2.08. The highest BCUT2D eigenvalue weighted by atomic mass is 35.5. The van der Waals surface area contributed by atoms with E-state index in [4.69, 9.17) is 22.1 Å². The Kier molecular flexibility index (Phi) is 4.36. The number of rotatable bonds is 5. The molecule has 2 rings (SSSR count). The third-order valence-corrected chi connectivity index (χ3v) is 3.17. The smallest absolute Gasteiger partial charge is 0.131 e. The predicted molar refractivity (Wildman–Crippen MR) is 70.7 cm³/mol. The lowest BCUT2D eigenvalue weighted by molar-refractivity contribution is 0.299. The standard InChI is InChI=1S/C12H13ClN2OS/c13-10-1-2-12(9(5-10)3-4-14)16-6-11-7-17-8-15-11/h1-2,5,7-8H,3-4,6,14H2. The Morgan fingerprint density at radius 2 is 2.29 bits per heavy atom. The fraction of sp³-hybridized carbons (Fsp3) is 0.250. The first-order chi connectivity index (χ1) is 8.29. The second-order valence-electron chi connectivity index (χ2n) is 3.56. The molecule has 5 heteroatoms. The van der Waals surface area contributed by atoms with E-state index in [1.54, 1.807) is 16.8 Å². The van der Waals surface area contributed by atoms with Crippen molar-refractivity contribution in [3.8, 4) is 5.75 Å². The Morgan fingerprint density at radius 1 is 1.41 bits per heavy atom. The second kappa shape index (κ2) is 6.00. The molecule has 0 atom stereocenters. The average Bonchev–Trinajstić information content (AvgIpc) is 2.81. The highest BCUT2D eigenvalue weighted by Gasteiger charge is 2.05. The van der Waals surface area contributed by atoms with Gasteiger partial charge in [0.2, 0.25) is 0 Å². The van der Waals surface area contributed by atoms with E-state index in [1.807, 2.05) is 23.6 Å². The number of hydrogen-bond donors (Lipinski definition) is 1. The molecule has 1 aromatic heterocycles. The Labute approximate surface area is 109 Å². The molecule has 0 saturated carbocycles.